The Morgan fingerprint density at radius 3 is 0.788 bits per heavy atom. The molecule has 0 N–H and O–H groups in total. The molecule has 0 bridgehead atoms. The summed E-state index contributed by atoms with van der Waals surface area (Å²) in [6.45, 7) is 25.4. The van der Waals surface area contributed by atoms with Crippen LogP contribution in [0.25, 0.3) is 0 Å². The average molecular weight is 938 g/mol. The Balaban J connectivity index is 5.01. The minimum absolute atomic E-state index is 0.173. The monoisotopic (exact) mass is 938 g/mol. The van der Waals surface area contributed by atoms with Crippen molar-refractivity contribution >= 4 is 23.9 Å². The lowest BCUT2D eigenvalue weighted by Gasteiger charge is -2.25. The quantitative estimate of drug-likeness (QED) is 0.0330. The Hall–Kier alpha value is -2.24. The molecule has 0 aromatic rings. The zero-order valence-electron chi connectivity index (χ0n) is 44.8. The minimum Gasteiger partial charge on any atom is -0.466 e. The van der Waals surface area contributed by atoms with Crippen LogP contribution in [0.1, 0.15) is 222 Å². The fourth-order valence-corrected chi connectivity index (χ4v) is 7.97. The molecule has 0 aliphatic heterocycles. The van der Waals surface area contributed by atoms with Gasteiger partial charge in [0.05, 0.1) is 52.1 Å². The number of hydrogen-bond donors (Lipinski definition) is 0. The average Bonchev–Trinajstić information content (AvgIpc) is 3.26. The maximum Gasteiger partial charge on any atom is 0.307 e. The number of unbranched alkanes of at least 4 members (excludes halogenated alkanes) is 12. The third kappa shape index (κ3) is 46.9. The number of nitrogens with zero attached hydrogens (tertiary/aromatic N) is 3. The summed E-state index contributed by atoms with van der Waals surface area (Å²) in [6.07, 6.45) is 25.6. The smallest absolute Gasteiger partial charge is 0.307 e. The predicted molar refractivity (Wildman–Crippen MR) is 274 cm³/mol. The van der Waals surface area contributed by atoms with Crippen LogP contribution in [0, 0.1) is 23.7 Å². The van der Waals surface area contributed by atoms with E-state index in [4.69, 9.17) is 18.9 Å². The fraction of sp³-hybridized carbons (Fsp3) is 0.927. The van der Waals surface area contributed by atoms with Crippen LogP contribution in [-0.4, -0.2) is 124 Å². The van der Waals surface area contributed by atoms with E-state index in [1.165, 1.54) is 64.2 Å². The normalized spacial score (nSPS) is 11.9. The van der Waals surface area contributed by atoms with Crippen molar-refractivity contribution in [2.45, 2.75) is 222 Å². The second-order valence-electron chi connectivity index (χ2n) is 21.0. The van der Waals surface area contributed by atoms with Crippen molar-refractivity contribution in [3.05, 3.63) is 0 Å². The van der Waals surface area contributed by atoms with E-state index in [9.17, 15) is 19.2 Å². The van der Waals surface area contributed by atoms with Crippen LogP contribution in [-0.2, 0) is 38.1 Å². The molecule has 66 heavy (non-hydrogen) atoms. The molecule has 390 valence electrons. The summed E-state index contributed by atoms with van der Waals surface area (Å²) in [5, 5.41) is 0. The zero-order valence-corrected chi connectivity index (χ0v) is 44.8. The van der Waals surface area contributed by atoms with Crippen LogP contribution in [0.2, 0.25) is 0 Å². The molecule has 0 aromatic carbocycles. The molecule has 11 nitrogen and oxygen atoms in total. The zero-order chi connectivity index (χ0) is 49.0. The SMILES string of the molecule is CC(C)CCCCCCCOC(=O)CCN(CCCN(C)CCCN(CCC(=O)OCCCCCC(C)C)CCC(=O)OCCCCCC(C)C)CCC(=O)OCCCCCCCC(C)C. The Bertz CT molecular complexity index is 1070. The Labute approximate surface area is 407 Å². The number of carbonyl (C=O) groups excluding carboxylic acids is 4. The summed E-state index contributed by atoms with van der Waals surface area (Å²) in [7, 11) is 2.12. The van der Waals surface area contributed by atoms with E-state index in [2.05, 4.69) is 77.1 Å². The van der Waals surface area contributed by atoms with Gasteiger partial charge in [-0.25, -0.2) is 0 Å². The highest BCUT2D eigenvalue weighted by Crippen LogP contribution is 2.13. The van der Waals surface area contributed by atoms with Gasteiger partial charge in [0, 0.05) is 26.2 Å². The van der Waals surface area contributed by atoms with E-state index in [1.807, 2.05) is 0 Å². The van der Waals surface area contributed by atoms with Gasteiger partial charge in [-0.2, -0.15) is 0 Å². The molecule has 0 amide bonds. The molecule has 0 aliphatic carbocycles. The fourth-order valence-electron chi connectivity index (χ4n) is 7.97. The van der Waals surface area contributed by atoms with Crippen LogP contribution >= 0.6 is 0 Å². The van der Waals surface area contributed by atoms with Gasteiger partial charge < -0.3 is 33.6 Å². The Morgan fingerprint density at radius 1 is 0.303 bits per heavy atom. The molecule has 0 aromatic heterocycles. The Morgan fingerprint density at radius 2 is 0.530 bits per heavy atom. The third-order valence-corrected chi connectivity index (χ3v) is 12.3. The van der Waals surface area contributed by atoms with Crippen molar-refractivity contribution in [1.29, 1.82) is 0 Å². The number of ether oxygens (including phenoxy) is 4. The van der Waals surface area contributed by atoms with Gasteiger partial charge in [0.2, 0.25) is 0 Å². The van der Waals surface area contributed by atoms with Crippen molar-refractivity contribution in [2.24, 2.45) is 23.7 Å². The van der Waals surface area contributed by atoms with Crippen molar-refractivity contribution in [1.82, 2.24) is 14.7 Å². The van der Waals surface area contributed by atoms with E-state index < -0.39 is 0 Å². The Kier molecular flexibility index (Phi) is 43.7. The maximum absolute atomic E-state index is 12.7. The van der Waals surface area contributed by atoms with Crippen LogP contribution < -0.4 is 0 Å². The summed E-state index contributed by atoms with van der Waals surface area (Å²) in [5.41, 5.74) is 0. The molecule has 0 unspecified atom stereocenters. The molecule has 0 saturated carbocycles. The lowest BCUT2D eigenvalue weighted by Crippen LogP contribution is -2.34. The summed E-state index contributed by atoms with van der Waals surface area (Å²) in [5.74, 6) is 2.19. The molecule has 0 radical (unpaired) electrons. The second-order valence-corrected chi connectivity index (χ2v) is 21.0. The molecule has 11 heteroatoms. The lowest BCUT2D eigenvalue weighted by molar-refractivity contribution is -0.146. The van der Waals surface area contributed by atoms with Gasteiger partial charge in [-0.15, -0.1) is 0 Å². The molecule has 0 spiro atoms. The summed E-state index contributed by atoms with van der Waals surface area (Å²) in [6, 6.07) is 0. The summed E-state index contributed by atoms with van der Waals surface area (Å²) in [4.78, 5) is 57.4. The van der Waals surface area contributed by atoms with Crippen LogP contribution in [0.15, 0.2) is 0 Å². The molecular formula is C55H107N3O8. The highest BCUT2D eigenvalue weighted by molar-refractivity contribution is 5.71. The van der Waals surface area contributed by atoms with E-state index in [1.54, 1.807) is 0 Å². The number of rotatable bonds is 48. The topological polar surface area (TPSA) is 115 Å². The first kappa shape index (κ1) is 63.8. The molecular weight excluding hydrogens is 831 g/mol. The first-order chi connectivity index (χ1) is 31.7. The van der Waals surface area contributed by atoms with Crippen molar-refractivity contribution in [3.63, 3.8) is 0 Å². The molecule has 0 fully saturated rings. The third-order valence-electron chi connectivity index (χ3n) is 12.3. The minimum atomic E-state index is -0.179. The first-order valence-corrected chi connectivity index (χ1v) is 27.4. The first-order valence-electron chi connectivity index (χ1n) is 27.4. The van der Waals surface area contributed by atoms with Gasteiger partial charge in [-0.05, 0) is 95.4 Å². The predicted octanol–water partition coefficient (Wildman–Crippen LogP) is 12.5. The molecule has 0 atom stereocenters. The van der Waals surface area contributed by atoms with Crippen molar-refractivity contribution < 1.29 is 38.1 Å². The van der Waals surface area contributed by atoms with Crippen LogP contribution in [0.5, 0.6) is 0 Å². The van der Waals surface area contributed by atoms with E-state index in [0.717, 1.165) is 115 Å². The standard InChI is InChI=1S/C55H107N3O8/c1-48(2)28-18-12-10-14-22-44-63-52(59)32-40-57(41-33-53(60)64-45-23-15-11-13-19-29-49(3)4)38-26-36-56(9)37-27-39-58(42-34-54(61)65-46-24-16-20-30-50(5)6)43-35-55(62)66-47-25-17-21-31-51(7)8/h48-51H,10-47H2,1-9H3. The number of carbonyl (C=O) groups is 4. The maximum atomic E-state index is 12.7. The van der Waals surface area contributed by atoms with Gasteiger partial charge in [0.25, 0.3) is 0 Å². The van der Waals surface area contributed by atoms with E-state index >= 15 is 0 Å². The summed E-state index contributed by atoms with van der Waals surface area (Å²) >= 11 is 0. The number of hydrogen-bond acceptors (Lipinski definition) is 11. The lowest BCUT2D eigenvalue weighted by atomic mass is 10.0. The van der Waals surface area contributed by atoms with E-state index in [0.29, 0.717) is 90.1 Å². The molecule has 0 saturated heterocycles. The largest absolute Gasteiger partial charge is 0.466 e. The van der Waals surface area contributed by atoms with Gasteiger partial charge >= 0.3 is 23.9 Å². The van der Waals surface area contributed by atoms with Gasteiger partial charge in [-0.1, -0.05) is 158 Å². The molecule has 0 heterocycles. The van der Waals surface area contributed by atoms with E-state index in [-0.39, 0.29) is 23.9 Å². The summed E-state index contributed by atoms with van der Waals surface area (Å²) < 4.78 is 22.3. The molecule has 0 rings (SSSR count). The highest BCUT2D eigenvalue weighted by atomic mass is 16.5. The van der Waals surface area contributed by atoms with Crippen molar-refractivity contribution in [2.75, 3.05) is 85.8 Å². The van der Waals surface area contributed by atoms with Gasteiger partial charge in [0.15, 0.2) is 0 Å². The highest BCUT2D eigenvalue weighted by Gasteiger charge is 2.15. The van der Waals surface area contributed by atoms with Crippen molar-refractivity contribution in [3.8, 4) is 0 Å². The molecule has 0 aliphatic rings. The van der Waals surface area contributed by atoms with Crippen LogP contribution in [0.3, 0.4) is 0 Å². The van der Waals surface area contributed by atoms with Crippen LogP contribution in [0.4, 0.5) is 0 Å². The number of esters is 4. The van der Waals surface area contributed by atoms with Gasteiger partial charge in [0.1, 0.15) is 0 Å². The second kappa shape index (κ2) is 45.2. The van der Waals surface area contributed by atoms with Gasteiger partial charge in [-0.3, -0.25) is 19.2 Å².